The number of amides is 2. The van der Waals surface area contributed by atoms with Gasteiger partial charge in [0.15, 0.2) is 5.65 Å². The first kappa shape index (κ1) is 18.2. The van der Waals surface area contributed by atoms with E-state index in [0.717, 1.165) is 22.3 Å². The first-order chi connectivity index (χ1) is 14.4. The molecule has 1 aromatic carbocycles. The smallest absolute Gasteiger partial charge is 0.375 e. The molecule has 3 aromatic rings. The van der Waals surface area contributed by atoms with Crippen LogP contribution >= 0.6 is 0 Å². The molecule has 1 saturated heterocycles. The van der Waals surface area contributed by atoms with Gasteiger partial charge in [0.25, 0.3) is 0 Å². The van der Waals surface area contributed by atoms with E-state index in [1.165, 1.54) is 5.70 Å². The van der Waals surface area contributed by atoms with Gasteiger partial charge in [0, 0.05) is 34.9 Å². The SMILES string of the molecule is O=C(NCC(F)(F)F)Nc1cccc(-c2cnn3cc(C4=CC5NC5=C4)cnc23)c1. The summed E-state index contributed by atoms with van der Waals surface area (Å²) in [5.74, 6) is 0. The summed E-state index contributed by atoms with van der Waals surface area (Å²) in [6.45, 7) is -1.40. The van der Waals surface area contributed by atoms with E-state index in [1.807, 2.05) is 12.3 Å². The Morgan fingerprint density at radius 1 is 1.23 bits per heavy atom. The first-order valence-corrected chi connectivity index (χ1v) is 9.11. The summed E-state index contributed by atoms with van der Waals surface area (Å²) >= 11 is 0. The molecule has 1 unspecified atom stereocenters. The number of hydrogen-bond donors (Lipinski definition) is 3. The molecule has 0 saturated carbocycles. The maximum absolute atomic E-state index is 12.2. The fraction of sp³-hybridized carbons (Fsp3) is 0.150. The van der Waals surface area contributed by atoms with Crippen LogP contribution in [0.1, 0.15) is 5.56 Å². The van der Waals surface area contributed by atoms with Crippen molar-refractivity contribution in [3.63, 3.8) is 0 Å². The summed E-state index contributed by atoms with van der Waals surface area (Å²) < 4.78 is 38.4. The number of benzene rings is 1. The number of aromatic nitrogens is 3. The number of carbonyl (C=O) groups excluding carboxylic acids is 1. The summed E-state index contributed by atoms with van der Waals surface area (Å²) in [6, 6.07) is 6.16. The Hall–Kier alpha value is -3.82. The zero-order valence-corrected chi connectivity index (χ0v) is 15.4. The van der Waals surface area contributed by atoms with Crippen LogP contribution in [0.15, 0.2) is 60.7 Å². The van der Waals surface area contributed by atoms with Crippen LogP contribution in [0.4, 0.5) is 23.7 Å². The van der Waals surface area contributed by atoms with Crippen molar-refractivity contribution in [3.05, 3.63) is 66.3 Å². The van der Waals surface area contributed by atoms with Crippen LogP contribution in [0.25, 0.3) is 22.3 Å². The quantitative estimate of drug-likeness (QED) is 0.573. The van der Waals surface area contributed by atoms with Crippen LogP contribution in [0.2, 0.25) is 0 Å². The molecule has 3 N–H and O–H groups in total. The number of carbonyl (C=O) groups is 1. The van der Waals surface area contributed by atoms with Gasteiger partial charge >= 0.3 is 12.2 Å². The molecule has 1 atom stereocenters. The van der Waals surface area contributed by atoms with E-state index in [4.69, 9.17) is 0 Å². The fourth-order valence-electron chi connectivity index (χ4n) is 3.32. The highest BCUT2D eigenvalue weighted by molar-refractivity contribution is 5.91. The summed E-state index contributed by atoms with van der Waals surface area (Å²) in [7, 11) is 0. The molecule has 0 radical (unpaired) electrons. The number of allylic oxidation sites excluding steroid dienone is 2. The number of nitrogens with zero attached hydrogens (tertiary/aromatic N) is 3. The minimum atomic E-state index is -4.47. The maximum atomic E-state index is 12.2. The molecule has 2 aliphatic rings. The molecule has 5 rings (SSSR count). The van der Waals surface area contributed by atoms with Gasteiger partial charge < -0.3 is 16.0 Å². The van der Waals surface area contributed by atoms with E-state index in [9.17, 15) is 18.0 Å². The lowest BCUT2D eigenvalue weighted by Gasteiger charge is -2.10. The predicted octanol–water partition coefficient (Wildman–Crippen LogP) is 3.33. The number of fused-ring (bicyclic) bond motifs is 2. The van der Waals surface area contributed by atoms with Crippen LogP contribution in [-0.4, -0.2) is 39.4 Å². The summed E-state index contributed by atoms with van der Waals surface area (Å²) in [6.07, 6.45) is 5.07. The predicted molar refractivity (Wildman–Crippen MR) is 104 cm³/mol. The Balaban J connectivity index is 1.36. The van der Waals surface area contributed by atoms with Gasteiger partial charge in [-0.1, -0.05) is 12.1 Å². The van der Waals surface area contributed by atoms with E-state index < -0.39 is 18.8 Å². The maximum Gasteiger partial charge on any atom is 0.405 e. The van der Waals surface area contributed by atoms with Crippen molar-refractivity contribution >= 4 is 22.9 Å². The monoisotopic (exact) mass is 412 g/mol. The average molecular weight is 412 g/mol. The molecular weight excluding hydrogens is 397 g/mol. The third-order valence-electron chi connectivity index (χ3n) is 4.80. The first-order valence-electron chi connectivity index (χ1n) is 9.11. The minimum absolute atomic E-state index is 0.340. The molecule has 30 heavy (non-hydrogen) atoms. The zero-order valence-electron chi connectivity index (χ0n) is 15.4. The van der Waals surface area contributed by atoms with Crippen LogP contribution in [0.5, 0.6) is 0 Å². The van der Waals surface area contributed by atoms with E-state index in [0.29, 0.717) is 17.4 Å². The van der Waals surface area contributed by atoms with E-state index in [-0.39, 0.29) is 0 Å². The lowest BCUT2D eigenvalue weighted by atomic mass is 10.1. The summed E-state index contributed by atoms with van der Waals surface area (Å²) in [5.41, 5.74) is 5.71. The molecule has 1 aliphatic heterocycles. The fourth-order valence-corrected chi connectivity index (χ4v) is 3.32. The second-order valence-electron chi connectivity index (χ2n) is 7.02. The van der Waals surface area contributed by atoms with Gasteiger partial charge in [-0.15, -0.1) is 0 Å². The van der Waals surface area contributed by atoms with E-state index >= 15 is 0 Å². The highest BCUT2D eigenvalue weighted by Gasteiger charge is 2.31. The summed E-state index contributed by atoms with van der Waals surface area (Å²) in [4.78, 5) is 16.2. The third-order valence-corrected chi connectivity index (χ3v) is 4.80. The molecule has 3 heterocycles. The van der Waals surface area contributed by atoms with Gasteiger partial charge in [-0.3, -0.25) is 0 Å². The number of urea groups is 1. The van der Waals surface area contributed by atoms with Gasteiger partial charge in [-0.2, -0.15) is 18.3 Å². The largest absolute Gasteiger partial charge is 0.405 e. The number of nitrogens with one attached hydrogen (secondary N) is 3. The number of halogens is 3. The molecule has 1 fully saturated rings. The standard InChI is InChI=1S/C20H15F3N6O/c21-20(22,23)10-25-19(30)27-14-3-1-2-11(4-14)15-8-26-29-9-13(7-24-18(15)29)12-5-16-17(6-12)28-16/h1-9,16,28H,10H2,(H2,25,27,30). The highest BCUT2D eigenvalue weighted by atomic mass is 19.4. The number of hydrogen-bond acceptors (Lipinski definition) is 4. The van der Waals surface area contributed by atoms with Crippen molar-refractivity contribution in [3.8, 4) is 11.1 Å². The number of rotatable bonds is 4. The second kappa shape index (κ2) is 6.61. The van der Waals surface area contributed by atoms with Gasteiger partial charge in [0.2, 0.25) is 0 Å². The lowest BCUT2D eigenvalue weighted by molar-refractivity contribution is -0.122. The van der Waals surface area contributed by atoms with Gasteiger partial charge in [-0.25, -0.2) is 14.3 Å². The van der Waals surface area contributed by atoms with Gasteiger partial charge in [0.1, 0.15) is 6.54 Å². The Kier molecular flexibility index (Phi) is 4.02. The highest BCUT2D eigenvalue weighted by Crippen LogP contribution is 2.33. The zero-order chi connectivity index (χ0) is 20.9. The van der Waals surface area contributed by atoms with Crippen molar-refractivity contribution in [1.29, 1.82) is 0 Å². The number of alkyl halides is 3. The normalized spacial score (nSPS) is 17.1. The molecule has 2 amide bonds. The van der Waals surface area contributed by atoms with Crippen LogP contribution in [-0.2, 0) is 0 Å². The molecule has 152 valence electrons. The van der Waals surface area contributed by atoms with Crippen LogP contribution < -0.4 is 16.0 Å². The Morgan fingerprint density at radius 2 is 2.10 bits per heavy atom. The number of dihydropyridines is 1. The average Bonchev–Trinajstić information content (AvgIpc) is 3.12. The Labute approximate surface area is 168 Å². The third kappa shape index (κ3) is 3.59. The molecule has 0 bridgehead atoms. The lowest BCUT2D eigenvalue weighted by Crippen LogP contribution is -2.36. The molecule has 1 aliphatic carbocycles. The van der Waals surface area contributed by atoms with Gasteiger partial charge in [-0.05, 0) is 35.4 Å². The molecule has 0 spiro atoms. The van der Waals surface area contributed by atoms with Gasteiger partial charge in [0.05, 0.1) is 12.2 Å². The van der Waals surface area contributed by atoms with Crippen molar-refractivity contribution < 1.29 is 18.0 Å². The minimum Gasteiger partial charge on any atom is -0.375 e. The van der Waals surface area contributed by atoms with Crippen molar-refractivity contribution in [2.75, 3.05) is 11.9 Å². The Bertz CT molecular complexity index is 1230. The summed E-state index contributed by atoms with van der Waals surface area (Å²) in [5, 5.41) is 11.8. The number of anilines is 1. The van der Waals surface area contributed by atoms with Crippen LogP contribution in [0.3, 0.4) is 0 Å². The Morgan fingerprint density at radius 3 is 2.87 bits per heavy atom. The van der Waals surface area contributed by atoms with Crippen molar-refractivity contribution in [2.24, 2.45) is 0 Å². The topological polar surface area (TPSA) is 93.3 Å². The molecule has 10 heteroatoms. The van der Waals surface area contributed by atoms with E-state index in [1.54, 1.807) is 40.4 Å². The van der Waals surface area contributed by atoms with Crippen molar-refractivity contribution in [1.82, 2.24) is 25.2 Å². The van der Waals surface area contributed by atoms with Crippen molar-refractivity contribution in [2.45, 2.75) is 12.2 Å². The molecule has 2 aromatic heterocycles. The molecular formula is C20H15F3N6O. The van der Waals surface area contributed by atoms with E-state index in [2.05, 4.69) is 32.9 Å². The second-order valence-corrected chi connectivity index (χ2v) is 7.02. The van der Waals surface area contributed by atoms with Crippen LogP contribution in [0, 0.1) is 0 Å². The molecule has 7 nitrogen and oxygen atoms in total.